The van der Waals surface area contributed by atoms with Crippen LogP contribution >= 0.6 is 11.6 Å². The molecule has 4 rings (SSSR count). The number of hydrogen-bond acceptors (Lipinski definition) is 4. The number of halogens is 1. The van der Waals surface area contributed by atoms with Gasteiger partial charge in [-0.2, -0.15) is 0 Å². The van der Waals surface area contributed by atoms with Gasteiger partial charge in [0.2, 0.25) is 5.78 Å². The first-order valence-electron chi connectivity index (χ1n) is 8.04. The molecule has 4 nitrogen and oxygen atoms in total. The number of ether oxygens (including phenoxy) is 2. The summed E-state index contributed by atoms with van der Waals surface area (Å²) in [5.74, 6) is 1.27. The highest BCUT2D eigenvalue weighted by atomic mass is 35.5. The van der Waals surface area contributed by atoms with Gasteiger partial charge in [-0.15, -0.1) is 0 Å². The van der Waals surface area contributed by atoms with Crippen molar-refractivity contribution in [3.63, 3.8) is 0 Å². The summed E-state index contributed by atoms with van der Waals surface area (Å²) < 4.78 is 11.5. The molecule has 1 aliphatic heterocycles. The van der Waals surface area contributed by atoms with Crippen molar-refractivity contribution in [2.24, 2.45) is 0 Å². The van der Waals surface area contributed by atoms with Crippen LogP contribution < -0.4 is 9.47 Å². The highest BCUT2D eigenvalue weighted by Gasteiger charge is 2.27. The number of rotatable bonds is 4. The van der Waals surface area contributed by atoms with Gasteiger partial charge in [-0.05, 0) is 53.6 Å². The molecule has 0 aliphatic carbocycles. The number of nitrogens with zero attached hydrogens (tertiary/aromatic N) is 1. The molecule has 26 heavy (non-hydrogen) atoms. The van der Waals surface area contributed by atoms with Gasteiger partial charge in [-0.1, -0.05) is 23.7 Å². The summed E-state index contributed by atoms with van der Waals surface area (Å²) in [4.78, 5) is 16.4. The molecule has 0 N–H and O–H groups in total. The molecule has 3 aromatic rings. The molecule has 0 bridgehead atoms. The maximum absolute atomic E-state index is 12.5. The van der Waals surface area contributed by atoms with Crippen LogP contribution in [0.2, 0.25) is 5.02 Å². The Morgan fingerprint density at radius 2 is 1.92 bits per heavy atom. The topological polar surface area (TPSA) is 48.4 Å². The van der Waals surface area contributed by atoms with Crippen LogP contribution in [0.1, 0.15) is 21.5 Å². The Morgan fingerprint density at radius 1 is 1.08 bits per heavy atom. The fourth-order valence-electron chi connectivity index (χ4n) is 2.66. The molecule has 128 valence electrons. The number of Topliss-reactive ketones (excluding diaryl/α,β-unsaturated/α-hetero) is 1. The Bertz CT molecular complexity index is 999. The van der Waals surface area contributed by atoms with Crippen LogP contribution in [0.3, 0.4) is 0 Å². The average Bonchev–Trinajstić information content (AvgIpc) is 2.96. The molecular formula is C21H14ClNO3. The number of ketones is 1. The SMILES string of the molecule is O=C1C(=Cc2ccncc2)Oc2cc(OCc3cccc(Cl)c3)ccc21. The smallest absolute Gasteiger partial charge is 0.231 e. The van der Waals surface area contributed by atoms with Crippen LogP contribution in [-0.2, 0) is 6.61 Å². The van der Waals surface area contributed by atoms with Crippen LogP contribution in [0, 0.1) is 0 Å². The lowest BCUT2D eigenvalue weighted by atomic mass is 10.1. The molecule has 0 radical (unpaired) electrons. The van der Waals surface area contributed by atoms with Gasteiger partial charge in [0.25, 0.3) is 0 Å². The Labute approximate surface area is 155 Å². The highest BCUT2D eigenvalue weighted by Crippen LogP contribution is 2.35. The first kappa shape index (κ1) is 16.4. The zero-order valence-corrected chi connectivity index (χ0v) is 14.4. The van der Waals surface area contributed by atoms with Gasteiger partial charge in [0.15, 0.2) is 5.76 Å². The minimum Gasteiger partial charge on any atom is -0.489 e. The van der Waals surface area contributed by atoms with E-state index in [0.717, 1.165) is 11.1 Å². The molecule has 0 spiro atoms. The third-order valence-electron chi connectivity index (χ3n) is 3.94. The number of hydrogen-bond donors (Lipinski definition) is 0. The van der Waals surface area contributed by atoms with Crippen LogP contribution in [0.5, 0.6) is 11.5 Å². The minimum absolute atomic E-state index is 0.141. The summed E-state index contributed by atoms with van der Waals surface area (Å²) >= 11 is 5.98. The van der Waals surface area contributed by atoms with Gasteiger partial charge < -0.3 is 9.47 Å². The van der Waals surface area contributed by atoms with E-state index in [-0.39, 0.29) is 11.5 Å². The monoisotopic (exact) mass is 363 g/mol. The van der Waals surface area contributed by atoms with Crippen LogP contribution in [-0.4, -0.2) is 10.8 Å². The van der Waals surface area contributed by atoms with Crippen LogP contribution in [0.4, 0.5) is 0 Å². The van der Waals surface area contributed by atoms with Crippen molar-refractivity contribution < 1.29 is 14.3 Å². The van der Waals surface area contributed by atoms with E-state index in [1.807, 2.05) is 36.4 Å². The van der Waals surface area contributed by atoms with E-state index in [0.29, 0.717) is 28.7 Å². The Kier molecular flexibility index (Phi) is 4.42. The van der Waals surface area contributed by atoms with E-state index in [2.05, 4.69) is 4.98 Å². The number of benzene rings is 2. The predicted molar refractivity (Wildman–Crippen MR) is 99.4 cm³/mol. The molecule has 2 heterocycles. The van der Waals surface area contributed by atoms with Gasteiger partial charge in [-0.25, -0.2) is 0 Å². The molecule has 0 amide bonds. The second kappa shape index (κ2) is 7.02. The molecule has 1 aromatic heterocycles. The molecule has 0 saturated carbocycles. The van der Waals surface area contributed by atoms with Gasteiger partial charge in [0.05, 0.1) is 5.56 Å². The van der Waals surface area contributed by atoms with Crippen molar-refractivity contribution in [2.75, 3.05) is 0 Å². The molecule has 0 unspecified atom stereocenters. The van der Waals surface area contributed by atoms with Crippen molar-refractivity contribution in [3.05, 3.63) is 94.5 Å². The number of allylic oxidation sites excluding steroid dienone is 1. The summed E-state index contributed by atoms with van der Waals surface area (Å²) in [6.45, 7) is 0.382. The third kappa shape index (κ3) is 3.46. The molecule has 1 aliphatic rings. The summed E-state index contributed by atoms with van der Waals surface area (Å²) in [7, 11) is 0. The van der Waals surface area contributed by atoms with Crippen molar-refractivity contribution in [3.8, 4) is 11.5 Å². The summed E-state index contributed by atoms with van der Waals surface area (Å²) in [6.07, 6.45) is 5.04. The quantitative estimate of drug-likeness (QED) is 0.617. The first-order chi connectivity index (χ1) is 12.7. The molecule has 5 heteroatoms. The fourth-order valence-corrected chi connectivity index (χ4v) is 2.87. The molecule has 0 saturated heterocycles. The Morgan fingerprint density at radius 3 is 2.73 bits per heavy atom. The second-order valence-corrected chi connectivity index (χ2v) is 6.23. The first-order valence-corrected chi connectivity index (χ1v) is 8.42. The number of carbonyl (C=O) groups is 1. The molecule has 0 fully saturated rings. The lowest BCUT2D eigenvalue weighted by Gasteiger charge is -2.07. The van der Waals surface area contributed by atoms with Crippen LogP contribution in [0.25, 0.3) is 6.08 Å². The Balaban J connectivity index is 1.51. The number of fused-ring (bicyclic) bond motifs is 1. The van der Waals surface area contributed by atoms with Crippen molar-refractivity contribution in [1.29, 1.82) is 0 Å². The van der Waals surface area contributed by atoms with E-state index >= 15 is 0 Å². The van der Waals surface area contributed by atoms with E-state index in [4.69, 9.17) is 21.1 Å². The van der Waals surface area contributed by atoms with Gasteiger partial charge >= 0.3 is 0 Å². The second-order valence-electron chi connectivity index (χ2n) is 5.80. The van der Waals surface area contributed by atoms with Gasteiger partial charge in [0.1, 0.15) is 18.1 Å². The van der Waals surface area contributed by atoms with E-state index in [9.17, 15) is 4.79 Å². The highest BCUT2D eigenvalue weighted by molar-refractivity contribution is 6.30. The fraction of sp³-hybridized carbons (Fsp3) is 0.0476. The number of aromatic nitrogens is 1. The summed E-state index contributed by atoms with van der Waals surface area (Å²) in [5, 5.41) is 0.667. The maximum Gasteiger partial charge on any atom is 0.231 e. The molecule has 0 atom stereocenters. The standard InChI is InChI=1S/C21H14ClNO3/c22-16-3-1-2-15(10-16)13-25-17-4-5-18-19(12-17)26-20(21(18)24)11-14-6-8-23-9-7-14/h1-12H,13H2. The largest absolute Gasteiger partial charge is 0.489 e. The number of carbonyl (C=O) groups excluding carboxylic acids is 1. The van der Waals surface area contributed by atoms with Crippen LogP contribution in [0.15, 0.2) is 72.8 Å². The van der Waals surface area contributed by atoms with Gasteiger partial charge in [0, 0.05) is 23.5 Å². The van der Waals surface area contributed by atoms with Crippen molar-refractivity contribution in [1.82, 2.24) is 4.98 Å². The zero-order chi connectivity index (χ0) is 17.9. The van der Waals surface area contributed by atoms with E-state index in [1.165, 1.54) is 0 Å². The summed E-state index contributed by atoms with van der Waals surface area (Å²) in [6, 6.07) is 16.3. The Hall–Kier alpha value is -3.11. The minimum atomic E-state index is -0.141. The predicted octanol–water partition coefficient (Wildman–Crippen LogP) is 4.93. The van der Waals surface area contributed by atoms with Crippen molar-refractivity contribution in [2.45, 2.75) is 6.61 Å². The zero-order valence-electron chi connectivity index (χ0n) is 13.7. The maximum atomic E-state index is 12.5. The van der Waals surface area contributed by atoms with Crippen molar-refractivity contribution >= 4 is 23.5 Å². The third-order valence-corrected chi connectivity index (χ3v) is 4.17. The normalized spacial score (nSPS) is 14.2. The number of pyridine rings is 1. The summed E-state index contributed by atoms with van der Waals surface area (Å²) in [5.41, 5.74) is 2.35. The molecule has 2 aromatic carbocycles. The van der Waals surface area contributed by atoms with E-state index in [1.54, 1.807) is 36.7 Å². The lowest BCUT2D eigenvalue weighted by Crippen LogP contribution is -1.98. The van der Waals surface area contributed by atoms with E-state index < -0.39 is 0 Å². The van der Waals surface area contributed by atoms with Gasteiger partial charge in [-0.3, -0.25) is 9.78 Å². The lowest BCUT2D eigenvalue weighted by molar-refractivity contribution is 0.101. The molecular weight excluding hydrogens is 350 g/mol. The average molecular weight is 364 g/mol.